The number of ketones is 1. The van der Waals surface area contributed by atoms with Crippen LogP contribution in [0.15, 0.2) is 24.3 Å². The van der Waals surface area contributed by atoms with Crippen molar-refractivity contribution in [2.45, 2.75) is 18.9 Å². The van der Waals surface area contributed by atoms with E-state index in [1.807, 2.05) is 0 Å². The van der Waals surface area contributed by atoms with Crippen LogP contribution in [0.4, 0.5) is 0 Å². The number of piperidine rings is 1. The van der Waals surface area contributed by atoms with Crippen molar-refractivity contribution >= 4 is 36.0 Å². The number of amides is 2. The monoisotopic (exact) mass is 425 g/mol. The van der Waals surface area contributed by atoms with Crippen LogP contribution < -0.4 is 10.1 Å². The molecule has 3 rings (SSSR count). The van der Waals surface area contributed by atoms with E-state index >= 15 is 0 Å². The van der Waals surface area contributed by atoms with Crippen molar-refractivity contribution in [3.05, 3.63) is 29.8 Å². The highest BCUT2D eigenvalue weighted by atomic mass is 35.5. The molecule has 0 unspecified atom stereocenters. The number of hydrogen-bond acceptors (Lipinski definition) is 6. The number of carbonyl (C=O) groups excluding carboxylic acids is 3. The minimum Gasteiger partial charge on any atom is -0.482 e. The Morgan fingerprint density at radius 1 is 1.07 bits per heavy atom. The van der Waals surface area contributed by atoms with Crippen molar-refractivity contribution in [2.24, 2.45) is 0 Å². The van der Waals surface area contributed by atoms with Crippen molar-refractivity contribution in [3.63, 3.8) is 0 Å². The van der Waals surface area contributed by atoms with Gasteiger partial charge in [-0.2, -0.15) is 0 Å². The topological polar surface area (TPSA) is 116 Å². The van der Waals surface area contributed by atoms with Gasteiger partial charge in [-0.25, -0.2) is 4.79 Å². The molecule has 2 fully saturated rings. The molecule has 0 saturated carbocycles. The molecule has 1 aromatic rings. The number of nitrogens with one attached hydrogen (secondary N) is 1. The van der Waals surface area contributed by atoms with E-state index in [-0.39, 0.29) is 55.7 Å². The molecule has 2 aliphatic rings. The van der Waals surface area contributed by atoms with Crippen LogP contribution in [0.5, 0.6) is 5.75 Å². The van der Waals surface area contributed by atoms with Crippen LogP contribution in [0.1, 0.15) is 23.2 Å². The Hall–Kier alpha value is -2.65. The minimum atomic E-state index is -1.09. The lowest BCUT2D eigenvalue weighted by Crippen LogP contribution is -2.59. The highest BCUT2D eigenvalue weighted by molar-refractivity contribution is 6.01. The summed E-state index contributed by atoms with van der Waals surface area (Å²) in [5, 5.41) is 11.8. The second-order valence-corrected chi connectivity index (χ2v) is 6.88. The second kappa shape index (κ2) is 10.2. The molecule has 0 aliphatic carbocycles. The lowest BCUT2D eigenvalue weighted by Gasteiger charge is -2.40. The summed E-state index contributed by atoms with van der Waals surface area (Å²) in [5.74, 6) is -1.40. The Balaban J connectivity index is 0.00000300. The standard InChI is InChI=1S/C19H23N3O6.ClH/c23-16(13-1-3-15(4-2-13)28-12-19(26)27)9-21-10-18(25)22(11-17(21)24)14-5-7-20-8-6-14;/h1-4,14,20H,5-12H2,(H,26,27);1H. The van der Waals surface area contributed by atoms with Gasteiger partial charge in [-0.1, -0.05) is 0 Å². The third-order valence-corrected chi connectivity index (χ3v) is 4.93. The van der Waals surface area contributed by atoms with Crippen LogP contribution in [-0.4, -0.2) is 83.8 Å². The minimum absolute atomic E-state index is 0. The van der Waals surface area contributed by atoms with Crippen LogP contribution in [0.3, 0.4) is 0 Å². The zero-order valence-electron chi connectivity index (χ0n) is 15.8. The molecule has 0 radical (unpaired) electrons. The average Bonchev–Trinajstić information content (AvgIpc) is 2.70. The molecule has 0 atom stereocenters. The maximum Gasteiger partial charge on any atom is 0.341 e. The van der Waals surface area contributed by atoms with E-state index in [4.69, 9.17) is 9.84 Å². The number of piperazine rings is 1. The van der Waals surface area contributed by atoms with Gasteiger partial charge in [0.2, 0.25) is 11.8 Å². The number of halogens is 1. The molecule has 2 N–H and O–H groups in total. The number of aliphatic carboxylic acids is 1. The fourth-order valence-electron chi connectivity index (χ4n) is 3.42. The fraction of sp³-hybridized carbons (Fsp3) is 0.474. The maximum atomic E-state index is 12.5. The maximum absolute atomic E-state index is 12.5. The number of carboxylic acid groups (broad SMARTS) is 1. The van der Waals surface area contributed by atoms with Gasteiger partial charge in [0.15, 0.2) is 12.4 Å². The lowest BCUT2D eigenvalue weighted by molar-refractivity contribution is -0.152. The molecule has 10 heteroatoms. The molecule has 1 aromatic carbocycles. The molecule has 2 aliphatic heterocycles. The molecule has 2 amide bonds. The fourth-order valence-corrected chi connectivity index (χ4v) is 3.42. The molecule has 0 aromatic heterocycles. The first-order valence-corrected chi connectivity index (χ1v) is 9.20. The zero-order valence-corrected chi connectivity index (χ0v) is 16.7. The third-order valence-electron chi connectivity index (χ3n) is 4.93. The molecular formula is C19H24ClN3O6. The van der Waals surface area contributed by atoms with Crippen molar-refractivity contribution < 1.29 is 29.0 Å². The Morgan fingerprint density at radius 3 is 2.34 bits per heavy atom. The van der Waals surface area contributed by atoms with E-state index in [0.29, 0.717) is 11.3 Å². The van der Waals surface area contributed by atoms with Gasteiger partial charge in [0.05, 0.1) is 6.54 Å². The summed E-state index contributed by atoms with van der Waals surface area (Å²) >= 11 is 0. The molecule has 29 heavy (non-hydrogen) atoms. The van der Waals surface area contributed by atoms with Gasteiger partial charge in [0.1, 0.15) is 18.8 Å². The van der Waals surface area contributed by atoms with Crippen molar-refractivity contribution in [1.29, 1.82) is 0 Å². The van der Waals surface area contributed by atoms with Gasteiger partial charge in [0, 0.05) is 11.6 Å². The number of rotatable bonds is 7. The predicted octanol–water partition coefficient (Wildman–Crippen LogP) is 0.177. The number of hydrogen-bond donors (Lipinski definition) is 2. The largest absolute Gasteiger partial charge is 0.482 e. The first-order valence-electron chi connectivity index (χ1n) is 9.20. The summed E-state index contributed by atoms with van der Waals surface area (Å²) in [6.07, 6.45) is 1.66. The number of Topliss-reactive ketones (excluding diaryl/α,β-unsaturated/α-hetero) is 1. The smallest absolute Gasteiger partial charge is 0.341 e. The van der Waals surface area contributed by atoms with Crippen LogP contribution in [0.25, 0.3) is 0 Å². The van der Waals surface area contributed by atoms with Gasteiger partial charge in [-0.05, 0) is 50.2 Å². The molecule has 0 spiro atoms. The van der Waals surface area contributed by atoms with E-state index in [2.05, 4.69) is 5.32 Å². The Kier molecular flexibility index (Phi) is 7.98. The van der Waals surface area contributed by atoms with Crippen LogP contribution in [-0.2, 0) is 14.4 Å². The normalized spacial score (nSPS) is 17.7. The van der Waals surface area contributed by atoms with Gasteiger partial charge >= 0.3 is 5.97 Å². The van der Waals surface area contributed by atoms with Crippen LogP contribution >= 0.6 is 12.4 Å². The molecule has 2 saturated heterocycles. The summed E-state index contributed by atoms with van der Waals surface area (Å²) in [7, 11) is 0. The Morgan fingerprint density at radius 2 is 1.72 bits per heavy atom. The number of carbonyl (C=O) groups is 4. The van der Waals surface area contributed by atoms with E-state index in [1.165, 1.54) is 29.2 Å². The van der Waals surface area contributed by atoms with E-state index in [9.17, 15) is 19.2 Å². The van der Waals surface area contributed by atoms with Gasteiger partial charge in [-0.3, -0.25) is 14.4 Å². The number of benzene rings is 1. The molecule has 9 nitrogen and oxygen atoms in total. The van der Waals surface area contributed by atoms with Gasteiger partial charge < -0.3 is 25.0 Å². The summed E-state index contributed by atoms with van der Waals surface area (Å²) in [4.78, 5) is 50.8. The lowest BCUT2D eigenvalue weighted by atomic mass is 10.0. The number of nitrogens with zero attached hydrogens (tertiary/aromatic N) is 2. The number of carboxylic acids is 1. The van der Waals surface area contributed by atoms with E-state index in [0.717, 1.165) is 25.9 Å². The highest BCUT2D eigenvalue weighted by Gasteiger charge is 2.35. The van der Waals surface area contributed by atoms with Gasteiger partial charge in [0.25, 0.3) is 0 Å². The van der Waals surface area contributed by atoms with E-state index in [1.54, 1.807) is 4.90 Å². The summed E-state index contributed by atoms with van der Waals surface area (Å²) < 4.78 is 5.02. The Labute approximate surface area is 174 Å². The first-order chi connectivity index (χ1) is 13.4. The van der Waals surface area contributed by atoms with E-state index < -0.39 is 12.6 Å². The SMILES string of the molecule is Cl.O=C(O)COc1ccc(C(=O)CN2CC(=O)N(C3CCNCC3)CC2=O)cc1. The number of ether oxygens (including phenoxy) is 1. The molecule has 0 bridgehead atoms. The second-order valence-electron chi connectivity index (χ2n) is 6.88. The van der Waals surface area contributed by atoms with Crippen molar-refractivity contribution in [3.8, 4) is 5.75 Å². The van der Waals surface area contributed by atoms with Gasteiger partial charge in [-0.15, -0.1) is 12.4 Å². The third kappa shape index (κ3) is 5.91. The highest BCUT2D eigenvalue weighted by Crippen LogP contribution is 2.17. The molecule has 2 heterocycles. The van der Waals surface area contributed by atoms with Crippen molar-refractivity contribution in [1.82, 2.24) is 15.1 Å². The average molecular weight is 426 g/mol. The first kappa shape index (κ1) is 22.6. The molecular weight excluding hydrogens is 402 g/mol. The summed E-state index contributed by atoms with van der Waals surface area (Å²) in [6, 6.07) is 6.10. The van der Waals surface area contributed by atoms with Crippen LogP contribution in [0, 0.1) is 0 Å². The zero-order chi connectivity index (χ0) is 20.1. The molecule has 158 valence electrons. The van der Waals surface area contributed by atoms with Crippen LogP contribution in [0.2, 0.25) is 0 Å². The quantitative estimate of drug-likeness (QED) is 0.598. The summed E-state index contributed by atoms with van der Waals surface area (Å²) in [5.41, 5.74) is 0.365. The summed E-state index contributed by atoms with van der Waals surface area (Å²) in [6.45, 7) is 0.951. The Bertz CT molecular complexity index is 764. The van der Waals surface area contributed by atoms with Crippen molar-refractivity contribution in [2.75, 3.05) is 39.3 Å². The predicted molar refractivity (Wildman–Crippen MR) is 105 cm³/mol.